The largest absolute Gasteiger partial charge is 0.397 e. The number of nitrogens with zero attached hydrogens (tertiary/aromatic N) is 2. The molecule has 2 aromatic heterocycles. The lowest BCUT2D eigenvalue weighted by Crippen LogP contribution is -2.22. The fraction of sp³-hybridized carbons (Fsp3) is 0.385. The zero-order valence-electron chi connectivity index (χ0n) is 10.5. The summed E-state index contributed by atoms with van der Waals surface area (Å²) in [5, 5.41) is 6.64. The van der Waals surface area contributed by atoms with Crippen molar-refractivity contribution >= 4 is 17.0 Å². The molecule has 0 saturated heterocycles. The van der Waals surface area contributed by atoms with E-state index in [0.717, 1.165) is 25.2 Å². The van der Waals surface area contributed by atoms with Gasteiger partial charge in [0, 0.05) is 42.7 Å². The van der Waals surface area contributed by atoms with Crippen LogP contribution in [0, 0.1) is 0 Å². The molecule has 0 aliphatic heterocycles. The monoisotopic (exact) mass is 262 g/mol. The Kier molecular flexibility index (Phi) is 4.66. The Bertz CT molecular complexity index is 452. The highest BCUT2D eigenvalue weighted by Crippen LogP contribution is 2.16. The van der Waals surface area contributed by atoms with Gasteiger partial charge in [-0.25, -0.2) is 4.98 Å². The predicted molar refractivity (Wildman–Crippen MR) is 75.8 cm³/mol. The first-order chi connectivity index (χ1) is 8.75. The lowest BCUT2D eigenvalue weighted by molar-refractivity contribution is 0.610. The van der Waals surface area contributed by atoms with Crippen LogP contribution in [0.1, 0.15) is 23.5 Å². The zero-order valence-corrected chi connectivity index (χ0v) is 11.3. The molecule has 0 amide bonds. The van der Waals surface area contributed by atoms with E-state index in [2.05, 4.69) is 22.2 Å². The van der Waals surface area contributed by atoms with E-state index in [1.807, 2.05) is 23.7 Å². The molecule has 96 valence electrons. The van der Waals surface area contributed by atoms with Gasteiger partial charge >= 0.3 is 0 Å². The summed E-state index contributed by atoms with van der Waals surface area (Å²) in [6.45, 7) is 4.06. The molecule has 1 atom stereocenters. The average Bonchev–Trinajstić information content (AvgIpc) is 2.90. The summed E-state index contributed by atoms with van der Waals surface area (Å²) in [6.07, 6.45) is 4.48. The number of pyridine rings is 1. The topological polar surface area (TPSA) is 63.8 Å². The van der Waals surface area contributed by atoms with Gasteiger partial charge < -0.3 is 11.1 Å². The fourth-order valence-corrected chi connectivity index (χ4v) is 2.38. The van der Waals surface area contributed by atoms with Crippen LogP contribution in [0.25, 0.3) is 0 Å². The summed E-state index contributed by atoms with van der Waals surface area (Å²) < 4.78 is 0. The lowest BCUT2D eigenvalue weighted by atomic mass is 10.2. The molecule has 0 aliphatic carbocycles. The average molecular weight is 262 g/mol. The molecule has 0 saturated carbocycles. The number of hydrogen-bond donors (Lipinski definition) is 2. The summed E-state index contributed by atoms with van der Waals surface area (Å²) in [7, 11) is 0. The normalized spacial score (nSPS) is 12.5. The van der Waals surface area contributed by atoms with Gasteiger partial charge in [-0.1, -0.05) is 6.92 Å². The third-order valence-corrected chi connectivity index (χ3v) is 3.74. The molecule has 0 fully saturated rings. The van der Waals surface area contributed by atoms with Gasteiger partial charge in [0.15, 0.2) is 0 Å². The standard InChI is InChI=1S/C13H18N4S/c1-10(13-16-6-7-18-13)8-15-5-4-12-3-2-11(14)9-17-12/h2-3,6-7,9-10,15H,4-5,8,14H2,1H3. The van der Waals surface area contributed by atoms with Crippen molar-refractivity contribution in [2.75, 3.05) is 18.8 Å². The first-order valence-corrected chi connectivity index (χ1v) is 6.94. The van der Waals surface area contributed by atoms with Crippen LogP contribution in [0.15, 0.2) is 29.9 Å². The number of nitrogen functional groups attached to an aromatic ring is 1. The number of aromatic nitrogens is 2. The smallest absolute Gasteiger partial charge is 0.0965 e. The quantitative estimate of drug-likeness (QED) is 0.782. The summed E-state index contributed by atoms with van der Waals surface area (Å²) in [5.74, 6) is 0.462. The zero-order chi connectivity index (χ0) is 12.8. The molecule has 3 N–H and O–H groups in total. The van der Waals surface area contributed by atoms with Crippen LogP contribution in [0.5, 0.6) is 0 Å². The number of hydrogen-bond acceptors (Lipinski definition) is 5. The van der Waals surface area contributed by atoms with E-state index in [1.54, 1.807) is 17.5 Å². The second kappa shape index (κ2) is 6.47. The van der Waals surface area contributed by atoms with Crippen molar-refractivity contribution in [2.45, 2.75) is 19.3 Å². The maximum atomic E-state index is 5.59. The van der Waals surface area contributed by atoms with Crippen molar-refractivity contribution in [3.05, 3.63) is 40.6 Å². The predicted octanol–water partition coefficient (Wildman–Crippen LogP) is 2.06. The highest BCUT2D eigenvalue weighted by atomic mass is 32.1. The van der Waals surface area contributed by atoms with Gasteiger partial charge in [0.1, 0.15) is 0 Å². The van der Waals surface area contributed by atoms with Crippen LogP contribution in [-0.4, -0.2) is 23.1 Å². The van der Waals surface area contributed by atoms with Crippen molar-refractivity contribution < 1.29 is 0 Å². The Morgan fingerprint density at radius 2 is 2.28 bits per heavy atom. The van der Waals surface area contributed by atoms with Gasteiger partial charge in [-0.15, -0.1) is 11.3 Å². The number of anilines is 1. The van der Waals surface area contributed by atoms with E-state index >= 15 is 0 Å². The van der Waals surface area contributed by atoms with Crippen molar-refractivity contribution in [3.63, 3.8) is 0 Å². The van der Waals surface area contributed by atoms with Crippen LogP contribution in [0.2, 0.25) is 0 Å². The highest BCUT2D eigenvalue weighted by Gasteiger charge is 2.06. The van der Waals surface area contributed by atoms with E-state index in [-0.39, 0.29) is 0 Å². The molecule has 0 bridgehead atoms. The second-order valence-corrected chi connectivity index (χ2v) is 5.23. The molecule has 2 heterocycles. The molecular weight excluding hydrogens is 244 g/mol. The van der Waals surface area contributed by atoms with Gasteiger partial charge in [0.2, 0.25) is 0 Å². The molecule has 5 heteroatoms. The van der Waals surface area contributed by atoms with Crippen LogP contribution in [0.3, 0.4) is 0 Å². The summed E-state index contributed by atoms with van der Waals surface area (Å²) in [6, 6.07) is 3.86. The Labute approximate surface area is 111 Å². The Hall–Kier alpha value is -1.46. The minimum absolute atomic E-state index is 0.462. The third kappa shape index (κ3) is 3.78. The molecule has 18 heavy (non-hydrogen) atoms. The SMILES string of the molecule is CC(CNCCc1ccc(N)cn1)c1nccs1. The maximum Gasteiger partial charge on any atom is 0.0965 e. The minimum Gasteiger partial charge on any atom is -0.397 e. The molecule has 4 nitrogen and oxygen atoms in total. The van der Waals surface area contributed by atoms with E-state index in [0.29, 0.717) is 11.6 Å². The Morgan fingerprint density at radius 3 is 2.94 bits per heavy atom. The first-order valence-electron chi connectivity index (χ1n) is 6.06. The molecule has 0 spiro atoms. The minimum atomic E-state index is 0.462. The van der Waals surface area contributed by atoms with Crippen LogP contribution in [0.4, 0.5) is 5.69 Å². The summed E-state index contributed by atoms with van der Waals surface area (Å²) in [5.41, 5.74) is 7.37. The van der Waals surface area contributed by atoms with E-state index < -0.39 is 0 Å². The number of nitrogens with one attached hydrogen (secondary N) is 1. The van der Waals surface area contributed by atoms with E-state index in [4.69, 9.17) is 5.73 Å². The molecule has 0 radical (unpaired) electrons. The molecule has 1 unspecified atom stereocenters. The second-order valence-electron chi connectivity index (χ2n) is 4.31. The molecule has 0 aliphatic rings. The van der Waals surface area contributed by atoms with Crippen LogP contribution in [-0.2, 0) is 6.42 Å². The van der Waals surface area contributed by atoms with E-state index in [1.165, 1.54) is 5.01 Å². The van der Waals surface area contributed by atoms with Crippen LogP contribution < -0.4 is 11.1 Å². The fourth-order valence-electron chi connectivity index (χ4n) is 1.68. The molecular formula is C13H18N4S. The number of nitrogens with two attached hydrogens (primary N) is 1. The number of rotatable bonds is 6. The number of thiazole rings is 1. The van der Waals surface area contributed by atoms with Gasteiger partial charge in [0.05, 0.1) is 16.9 Å². The van der Waals surface area contributed by atoms with Crippen molar-refractivity contribution in [1.82, 2.24) is 15.3 Å². The Balaban J connectivity index is 1.68. The van der Waals surface area contributed by atoms with Crippen LogP contribution >= 0.6 is 11.3 Å². The van der Waals surface area contributed by atoms with Crippen molar-refractivity contribution in [2.24, 2.45) is 0 Å². The van der Waals surface area contributed by atoms with Gasteiger partial charge in [-0.05, 0) is 12.1 Å². The highest BCUT2D eigenvalue weighted by molar-refractivity contribution is 7.09. The van der Waals surface area contributed by atoms with Crippen molar-refractivity contribution in [1.29, 1.82) is 0 Å². The van der Waals surface area contributed by atoms with Gasteiger partial charge in [0.25, 0.3) is 0 Å². The molecule has 0 aromatic carbocycles. The summed E-state index contributed by atoms with van der Waals surface area (Å²) in [4.78, 5) is 8.58. The van der Waals surface area contributed by atoms with Crippen molar-refractivity contribution in [3.8, 4) is 0 Å². The third-order valence-electron chi connectivity index (χ3n) is 2.73. The lowest BCUT2D eigenvalue weighted by Gasteiger charge is -2.09. The van der Waals surface area contributed by atoms with E-state index in [9.17, 15) is 0 Å². The molecule has 2 aromatic rings. The molecule has 2 rings (SSSR count). The van der Waals surface area contributed by atoms with Gasteiger partial charge in [-0.3, -0.25) is 4.98 Å². The summed E-state index contributed by atoms with van der Waals surface area (Å²) >= 11 is 1.71. The first kappa shape index (κ1) is 13.0. The maximum absolute atomic E-state index is 5.59. The van der Waals surface area contributed by atoms with Gasteiger partial charge in [-0.2, -0.15) is 0 Å². The Morgan fingerprint density at radius 1 is 1.39 bits per heavy atom.